The van der Waals surface area contributed by atoms with Crippen LogP contribution in [0, 0.1) is 0 Å². The lowest BCUT2D eigenvalue weighted by Gasteiger charge is -2.04. The standard InChI is InChI=1S/C26H25NO/c1-2-3-6-16-22-17-11-18-24-25(22)28-26(27-24)23(21-14-9-5-10-15-21)19-20-12-7-4-8-13-20/h4-5,7-15,17-19H,2-3,6,16H2,1H3. The summed E-state index contributed by atoms with van der Waals surface area (Å²) in [4.78, 5) is 4.84. The predicted molar refractivity (Wildman–Crippen MR) is 117 cm³/mol. The SMILES string of the molecule is CCCCCc1cccc2nc(C(=Cc3ccccc3)c3ccccc3)oc12. The van der Waals surface area contributed by atoms with Crippen molar-refractivity contribution in [3.63, 3.8) is 0 Å². The Balaban J connectivity index is 1.79. The van der Waals surface area contributed by atoms with Gasteiger partial charge >= 0.3 is 0 Å². The lowest BCUT2D eigenvalue weighted by atomic mass is 10.0. The van der Waals surface area contributed by atoms with E-state index in [-0.39, 0.29) is 0 Å². The fourth-order valence-corrected chi connectivity index (χ4v) is 3.49. The van der Waals surface area contributed by atoms with Crippen molar-refractivity contribution in [2.45, 2.75) is 32.6 Å². The van der Waals surface area contributed by atoms with Gasteiger partial charge in [0.15, 0.2) is 5.58 Å². The third-order valence-corrected chi connectivity index (χ3v) is 4.97. The van der Waals surface area contributed by atoms with Gasteiger partial charge in [-0.2, -0.15) is 0 Å². The highest BCUT2D eigenvalue weighted by molar-refractivity contribution is 5.90. The zero-order valence-electron chi connectivity index (χ0n) is 16.3. The number of para-hydroxylation sites is 1. The zero-order chi connectivity index (χ0) is 19.2. The Morgan fingerprint density at radius 2 is 1.61 bits per heavy atom. The molecule has 1 aromatic heterocycles. The summed E-state index contributed by atoms with van der Waals surface area (Å²) in [6.07, 6.45) is 6.81. The van der Waals surface area contributed by atoms with E-state index in [9.17, 15) is 0 Å². The number of unbranched alkanes of at least 4 members (excludes halogenated alkanes) is 2. The number of rotatable bonds is 7. The zero-order valence-corrected chi connectivity index (χ0v) is 16.3. The first-order valence-corrected chi connectivity index (χ1v) is 10.1. The lowest BCUT2D eigenvalue weighted by Crippen LogP contribution is -1.88. The molecule has 0 radical (unpaired) electrons. The summed E-state index contributed by atoms with van der Waals surface area (Å²) in [7, 11) is 0. The van der Waals surface area contributed by atoms with E-state index in [0.29, 0.717) is 5.89 Å². The fraction of sp³-hybridized carbons (Fsp3) is 0.192. The van der Waals surface area contributed by atoms with Crippen molar-refractivity contribution in [2.24, 2.45) is 0 Å². The van der Waals surface area contributed by atoms with Crippen molar-refractivity contribution >= 4 is 22.7 Å². The van der Waals surface area contributed by atoms with Gasteiger partial charge in [-0.25, -0.2) is 4.98 Å². The van der Waals surface area contributed by atoms with Crippen molar-refractivity contribution in [3.8, 4) is 0 Å². The Kier molecular flexibility index (Phi) is 5.67. The molecule has 140 valence electrons. The molecule has 0 atom stereocenters. The molecule has 0 bridgehead atoms. The average Bonchev–Trinajstić information content (AvgIpc) is 3.18. The first kappa shape index (κ1) is 18.2. The molecular formula is C26H25NO. The highest BCUT2D eigenvalue weighted by Gasteiger charge is 2.15. The Morgan fingerprint density at radius 3 is 2.36 bits per heavy atom. The number of oxazole rings is 1. The van der Waals surface area contributed by atoms with Crippen LogP contribution in [-0.2, 0) is 6.42 Å². The summed E-state index contributed by atoms with van der Waals surface area (Å²) in [6.45, 7) is 2.23. The van der Waals surface area contributed by atoms with E-state index >= 15 is 0 Å². The van der Waals surface area contributed by atoms with E-state index in [1.807, 2.05) is 42.5 Å². The van der Waals surface area contributed by atoms with Gasteiger partial charge in [0.1, 0.15) is 5.52 Å². The summed E-state index contributed by atoms with van der Waals surface area (Å²) in [5.74, 6) is 0.674. The van der Waals surface area contributed by atoms with Gasteiger partial charge < -0.3 is 4.42 Å². The average molecular weight is 367 g/mol. The molecule has 0 amide bonds. The number of benzene rings is 3. The molecular weight excluding hydrogens is 342 g/mol. The van der Waals surface area contributed by atoms with Crippen LogP contribution in [0.25, 0.3) is 22.7 Å². The first-order chi connectivity index (χ1) is 13.8. The van der Waals surface area contributed by atoms with Crippen LogP contribution < -0.4 is 0 Å². The lowest BCUT2D eigenvalue weighted by molar-refractivity contribution is 0.579. The maximum atomic E-state index is 6.34. The molecule has 4 rings (SSSR count). The van der Waals surface area contributed by atoms with E-state index in [2.05, 4.69) is 49.4 Å². The largest absolute Gasteiger partial charge is 0.436 e. The van der Waals surface area contributed by atoms with Crippen molar-refractivity contribution < 1.29 is 4.42 Å². The van der Waals surface area contributed by atoms with E-state index in [4.69, 9.17) is 9.40 Å². The smallest absolute Gasteiger partial charge is 0.227 e. The summed E-state index contributed by atoms with van der Waals surface area (Å²) in [6, 6.07) is 26.9. The van der Waals surface area contributed by atoms with Gasteiger partial charge in [0.05, 0.1) is 0 Å². The Labute approximate surface area is 166 Å². The van der Waals surface area contributed by atoms with Crippen LogP contribution in [0.2, 0.25) is 0 Å². The Bertz CT molecular complexity index is 1060. The minimum absolute atomic E-state index is 0.674. The molecule has 28 heavy (non-hydrogen) atoms. The third-order valence-electron chi connectivity index (χ3n) is 4.97. The minimum Gasteiger partial charge on any atom is -0.436 e. The molecule has 0 saturated carbocycles. The highest BCUT2D eigenvalue weighted by atomic mass is 16.3. The van der Waals surface area contributed by atoms with Crippen molar-refractivity contribution in [1.82, 2.24) is 4.98 Å². The predicted octanol–water partition coefficient (Wildman–Crippen LogP) is 7.15. The van der Waals surface area contributed by atoms with Crippen LogP contribution in [0.1, 0.15) is 48.8 Å². The molecule has 2 nitrogen and oxygen atoms in total. The number of aryl methyl sites for hydroxylation is 1. The molecule has 0 fully saturated rings. The normalized spacial score (nSPS) is 11.8. The van der Waals surface area contributed by atoms with Gasteiger partial charge in [0.25, 0.3) is 0 Å². The van der Waals surface area contributed by atoms with Crippen LogP contribution in [0.15, 0.2) is 83.3 Å². The Hall–Kier alpha value is -3.13. The quantitative estimate of drug-likeness (QED) is 0.256. The maximum Gasteiger partial charge on any atom is 0.227 e. The maximum absolute atomic E-state index is 6.34. The van der Waals surface area contributed by atoms with Crippen molar-refractivity contribution in [3.05, 3.63) is 101 Å². The van der Waals surface area contributed by atoms with Crippen LogP contribution >= 0.6 is 0 Å². The topological polar surface area (TPSA) is 26.0 Å². The fourth-order valence-electron chi connectivity index (χ4n) is 3.49. The minimum atomic E-state index is 0.674. The number of nitrogens with zero attached hydrogens (tertiary/aromatic N) is 1. The van der Waals surface area contributed by atoms with Gasteiger partial charge in [0, 0.05) is 5.57 Å². The van der Waals surface area contributed by atoms with E-state index in [1.54, 1.807) is 0 Å². The third kappa shape index (κ3) is 4.07. The molecule has 0 aliphatic rings. The molecule has 0 aliphatic heterocycles. The molecule has 2 heteroatoms. The van der Waals surface area contributed by atoms with E-state index in [1.165, 1.54) is 24.8 Å². The molecule has 0 saturated heterocycles. The molecule has 0 N–H and O–H groups in total. The van der Waals surface area contributed by atoms with E-state index in [0.717, 1.165) is 34.2 Å². The summed E-state index contributed by atoms with van der Waals surface area (Å²) in [5, 5.41) is 0. The summed E-state index contributed by atoms with van der Waals surface area (Å²) < 4.78 is 6.34. The molecule has 0 spiro atoms. The number of hydrogen-bond acceptors (Lipinski definition) is 2. The number of hydrogen-bond donors (Lipinski definition) is 0. The van der Waals surface area contributed by atoms with Crippen LogP contribution in [-0.4, -0.2) is 4.98 Å². The van der Waals surface area contributed by atoms with Crippen LogP contribution in [0.5, 0.6) is 0 Å². The van der Waals surface area contributed by atoms with Gasteiger partial charge in [-0.1, -0.05) is 92.6 Å². The summed E-state index contributed by atoms with van der Waals surface area (Å²) >= 11 is 0. The van der Waals surface area contributed by atoms with Gasteiger partial charge in [0.2, 0.25) is 5.89 Å². The molecule has 1 heterocycles. The van der Waals surface area contributed by atoms with Gasteiger partial charge in [-0.3, -0.25) is 0 Å². The van der Waals surface area contributed by atoms with Gasteiger partial charge in [-0.05, 0) is 41.7 Å². The molecule has 0 unspecified atom stereocenters. The monoisotopic (exact) mass is 367 g/mol. The Morgan fingerprint density at radius 1 is 0.857 bits per heavy atom. The second kappa shape index (κ2) is 8.71. The molecule has 0 aliphatic carbocycles. The number of fused-ring (bicyclic) bond motifs is 1. The first-order valence-electron chi connectivity index (χ1n) is 10.1. The number of aromatic nitrogens is 1. The van der Waals surface area contributed by atoms with Crippen LogP contribution in [0.3, 0.4) is 0 Å². The van der Waals surface area contributed by atoms with Crippen molar-refractivity contribution in [2.75, 3.05) is 0 Å². The second-order valence-electron chi connectivity index (χ2n) is 7.08. The summed E-state index contributed by atoms with van der Waals surface area (Å²) in [5.41, 5.74) is 6.33. The van der Waals surface area contributed by atoms with Crippen molar-refractivity contribution in [1.29, 1.82) is 0 Å². The van der Waals surface area contributed by atoms with E-state index < -0.39 is 0 Å². The molecule has 4 aromatic rings. The van der Waals surface area contributed by atoms with Crippen LogP contribution in [0.4, 0.5) is 0 Å². The highest BCUT2D eigenvalue weighted by Crippen LogP contribution is 2.30. The second-order valence-corrected chi connectivity index (χ2v) is 7.08. The molecule has 3 aromatic carbocycles. The van der Waals surface area contributed by atoms with Gasteiger partial charge in [-0.15, -0.1) is 0 Å².